The van der Waals surface area contributed by atoms with Crippen molar-refractivity contribution in [1.82, 2.24) is 9.62 Å². The number of hydrogen-bond acceptors (Lipinski definition) is 3. The van der Waals surface area contributed by atoms with Crippen LogP contribution in [-0.4, -0.2) is 44.2 Å². The Bertz CT molecular complexity index is 301. The second-order valence-electron chi connectivity index (χ2n) is 5.07. The summed E-state index contributed by atoms with van der Waals surface area (Å²) in [7, 11) is -3.02. The third-order valence-corrected chi connectivity index (χ3v) is 4.82. The molecular weight excluding hydrogens is 224 g/mol. The molecule has 1 atom stereocenters. The molecule has 1 saturated heterocycles. The molecule has 0 spiro atoms. The summed E-state index contributed by atoms with van der Waals surface area (Å²) >= 11 is 0. The fourth-order valence-corrected chi connectivity index (χ4v) is 3.45. The van der Waals surface area contributed by atoms with Gasteiger partial charge in [-0.05, 0) is 32.2 Å². The van der Waals surface area contributed by atoms with Crippen LogP contribution in [-0.2, 0) is 10.0 Å². The molecule has 16 heavy (non-hydrogen) atoms. The van der Waals surface area contributed by atoms with Crippen molar-refractivity contribution in [3.63, 3.8) is 0 Å². The van der Waals surface area contributed by atoms with Crippen molar-refractivity contribution in [2.75, 3.05) is 25.4 Å². The molecule has 1 heterocycles. The zero-order chi connectivity index (χ0) is 12.2. The summed E-state index contributed by atoms with van der Waals surface area (Å²) in [5.41, 5.74) is 0. The van der Waals surface area contributed by atoms with E-state index >= 15 is 0 Å². The highest BCUT2D eigenvalue weighted by molar-refractivity contribution is 7.89. The van der Waals surface area contributed by atoms with E-state index in [9.17, 15) is 8.42 Å². The predicted octanol–water partition coefficient (Wildman–Crippen LogP) is 1.05. The van der Waals surface area contributed by atoms with Crippen LogP contribution in [0, 0.1) is 5.92 Å². The van der Waals surface area contributed by atoms with Crippen LogP contribution in [0.25, 0.3) is 0 Å². The first kappa shape index (κ1) is 13.9. The molecule has 1 unspecified atom stereocenters. The van der Waals surface area contributed by atoms with Gasteiger partial charge in [-0.15, -0.1) is 0 Å². The molecule has 0 aromatic carbocycles. The average Bonchev–Trinajstić information content (AvgIpc) is 2.17. The van der Waals surface area contributed by atoms with E-state index in [2.05, 4.69) is 19.2 Å². The van der Waals surface area contributed by atoms with Crippen LogP contribution < -0.4 is 5.32 Å². The minimum atomic E-state index is -3.02. The van der Waals surface area contributed by atoms with Gasteiger partial charge in [-0.3, -0.25) is 0 Å². The van der Waals surface area contributed by atoms with Gasteiger partial charge in [0, 0.05) is 19.1 Å². The van der Waals surface area contributed by atoms with Crippen molar-refractivity contribution < 1.29 is 8.42 Å². The molecule has 0 bridgehead atoms. The molecule has 5 heteroatoms. The lowest BCUT2D eigenvalue weighted by Gasteiger charge is -2.28. The smallest absolute Gasteiger partial charge is 0.214 e. The molecule has 0 amide bonds. The van der Waals surface area contributed by atoms with Crippen LogP contribution >= 0.6 is 0 Å². The molecule has 0 aromatic rings. The van der Waals surface area contributed by atoms with Crippen molar-refractivity contribution in [3.8, 4) is 0 Å². The third kappa shape index (κ3) is 4.39. The molecule has 0 aliphatic carbocycles. The summed E-state index contributed by atoms with van der Waals surface area (Å²) in [6.45, 7) is 8.36. The fourth-order valence-electron chi connectivity index (χ4n) is 1.85. The SMILES string of the molecule is CC(C)CCN1CC(C)NCCCS1(=O)=O. The molecule has 1 N–H and O–H groups in total. The molecule has 1 rings (SSSR count). The molecule has 0 aromatic heterocycles. The molecule has 4 nitrogen and oxygen atoms in total. The van der Waals surface area contributed by atoms with Crippen LogP contribution in [0.3, 0.4) is 0 Å². The van der Waals surface area contributed by atoms with E-state index < -0.39 is 10.0 Å². The number of nitrogens with zero attached hydrogens (tertiary/aromatic N) is 1. The van der Waals surface area contributed by atoms with Crippen LogP contribution in [0.5, 0.6) is 0 Å². The van der Waals surface area contributed by atoms with Gasteiger partial charge >= 0.3 is 0 Å². The Morgan fingerprint density at radius 2 is 2.12 bits per heavy atom. The van der Waals surface area contributed by atoms with Crippen molar-refractivity contribution >= 4 is 10.0 Å². The summed E-state index contributed by atoms with van der Waals surface area (Å²) in [6.07, 6.45) is 1.65. The Morgan fingerprint density at radius 1 is 1.44 bits per heavy atom. The zero-order valence-electron chi connectivity index (χ0n) is 10.6. The Morgan fingerprint density at radius 3 is 2.75 bits per heavy atom. The Balaban J connectivity index is 2.65. The molecule has 1 aliphatic heterocycles. The second kappa shape index (κ2) is 5.98. The summed E-state index contributed by atoms with van der Waals surface area (Å²) in [4.78, 5) is 0. The maximum absolute atomic E-state index is 12.0. The van der Waals surface area contributed by atoms with E-state index in [0.717, 1.165) is 13.0 Å². The van der Waals surface area contributed by atoms with Crippen molar-refractivity contribution in [3.05, 3.63) is 0 Å². The lowest BCUT2D eigenvalue weighted by Crippen LogP contribution is -2.46. The normalized spacial score (nSPS) is 27.6. The molecule has 0 radical (unpaired) electrons. The van der Waals surface area contributed by atoms with Crippen LogP contribution in [0.1, 0.15) is 33.6 Å². The Hall–Kier alpha value is -0.130. The Kier molecular flexibility index (Phi) is 5.21. The van der Waals surface area contributed by atoms with E-state index in [0.29, 0.717) is 25.4 Å². The first-order valence-corrected chi connectivity index (χ1v) is 7.74. The number of rotatable bonds is 3. The largest absolute Gasteiger partial charge is 0.313 e. The molecule has 0 saturated carbocycles. The first-order valence-electron chi connectivity index (χ1n) is 6.13. The lowest BCUT2D eigenvalue weighted by molar-refractivity contribution is 0.335. The maximum atomic E-state index is 12.0. The van der Waals surface area contributed by atoms with Crippen LogP contribution in [0.2, 0.25) is 0 Å². The fraction of sp³-hybridized carbons (Fsp3) is 1.00. The maximum Gasteiger partial charge on any atom is 0.214 e. The monoisotopic (exact) mass is 248 g/mol. The van der Waals surface area contributed by atoms with E-state index in [-0.39, 0.29) is 11.8 Å². The highest BCUT2D eigenvalue weighted by Gasteiger charge is 2.25. The van der Waals surface area contributed by atoms with Gasteiger partial charge < -0.3 is 5.32 Å². The second-order valence-corrected chi connectivity index (χ2v) is 7.15. The topological polar surface area (TPSA) is 49.4 Å². The zero-order valence-corrected chi connectivity index (χ0v) is 11.4. The van der Waals surface area contributed by atoms with E-state index in [4.69, 9.17) is 0 Å². The predicted molar refractivity (Wildman–Crippen MR) is 66.9 cm³/mol. The minimum absolute atomic E-state index is 0.252. The van der Waals surface area contributed by atoms with Gasteiger partial charge in [0.15, 0.2) is 0 Å². The minimum Gasteiger partial charge on any atom is -0.313 e. The van der Waals surface area contributed by atoms with Gasteiger partial charge in [-0.2, -0.15) is 0 Å². The standard InChI is InChI=1S/C11H24N2O2S/c1-10(2)5-7-13-9-11(3)12-6-4-8-16(13,14)15/h10-12H,4-9H2,1-3H3. The molecule has 1 aliphatic rings. The highest BCUT2D eigenvalue weighted by Crippen LogP contribution is 2.11. The molecule has 96 valence electrons. The van der Waals surface area contributed by atoms with Crippen molar-refractivity contribution in [2.24, 2.45) is 5.92 Å². The first-order chi connectivity index (χ1) is 7.42. The lowest BCUT2D eigenvalue weighted by atomic mass is 10.1. The van der Waals surface area contributed by atoms with E-state index in [1.807, 2.05) is 6.92 Å². The van der Waals surface area contributed by atoms with Gasteiger partial charge in [0.1, 0.15) is 0 Å². The van der Waals surface area contributed by atoms with Crippen LogP contribution in [0.4, 0.5) is 0 Å². The number of hydrogen-bond donors (Lipinski definition) is 1. The summed E-state index contributed by atoms with van der Waals surface area (Å²) < 4.78 is 25.7. The van der Waals surface area contributed by atoms with Gasteiger partial charge in [-0.1, -0.05) is 13.8 Å². The Labute approximate surface area is 99.5 Å². The molecular formula is C11H24N2O2S. The van der Waals surface area contributed by atoms with Crippen molar-refractivity contribution in [2.45, 2.75) is 39.7 Å². The number of nitrogens with one attached hydrogen (secondary N) is 1. The van der Waals surface area contributed by atoms with E-state index in [1.165, 1.54) is 0 Å². The van der Waals surface area contributed by atoms with Crippen molar-refractivity contribution in [1.29, 1.82) is 0 Å². The van der Waals surface area contributed by atoms with E-state index in [1.54, 1.807) is 4.31 Å². The summed E-state index contributed by atoms with van der Waals surface area (Å²) in [5, 5.41) is 3.33. The quantitative estimate of drug-likeness (QED) is 0.812. The number of sulfonamides is 1. The third-order valence-electron chi connectivity index (χ3n) is 2.90. The summed E-state index contributed by atoms with van der Waals surface area (Å²) in [5.74, 6) is 0.828. The van der Waals surface area contributed by atoms with Crippen LogP contribution in [0.15, 0.2) is 0 Å². The van der Waals surface area contributed by atoms with Gasteiger partial charge in [-0.25, -0.2) is 12.7 Å². The van der Waals surface area contributed by atoms with Gasteiger partial charge in [0.25, 0.3) is 0 Å². The summed E-state index contributed by atoms with van der Waals surface area (Å²) in [6, 6.07) is 0.252. The van der Waals surface area contributed by atoms with Gasteiger partial charge in [0.2, 0.25) is 10.0 Å². The highest BCUT2D eigenvalue weighted by atomic mass is 32.2. The molecule has 1 fully saturated rings. The average molecular weight is 248 g/mol. The van der Waals surface area contributed by atoms with Gasteiger partial charge in [0.05, 0.1) is 5.75 Å².